The van der Waals surface area contributed by atoms with E-state index in [-0.39, 0.29) is 11.4 Å². The van der Waals surface area contributed by atoms with Gasteiger partial charge in [0.2, 0.25) is 0 Å². The third-order valence-corrected chi connectivity index (χ3v) is 3.03. The quantitative estimate of drug-likeness (QED) is 0.852. The van der Waals surface area contributed by atoms with Gasteiger partial charge in [0.25, 0.3) is 0 Å². The maximum Gasteiger partial charge on any atom is 0.150 e. The van der Waals surface area contributed by atoms with Crippen LogP contribution in [0, 0.1) is 6.92 Å². The number of carbonyl (C=O) groups excluding carboxylic acids is 1. The zero-order chi connectivity index (χ0) is 15.6. The highest BCUT2D eigenvalue weighted by Gasteiger charge is 2.13. The Balaban J connectivity index is 2.49. The number of aromatic hydroxyl groups is 1. The summed E-state index contributed by atoms with van der Waals surface area (Å²) in [7, 11) is 0. The van der Waals surface area contributed by atoms with Crippen LogP contribution in [0.5, 0.6) is 11.5 Å². The van der Waals surface area contributed by atoms with Gasteiger partial charge in [-0.2, -0.15) is 0 Å². The van der Waals surface area contributed by atoms with Crippen LogP contribution in [-0.4, -0.2) is 17.0 Å². The molecule has 2 aromatic carbocycles. The lowest BCUT2D eigenvalue weighted by atomic mass is 10.0. The van der Waals surface area contributed by atoms with Crippen molar-refractivity contribution in [3.05, 3.63) is 47.5 Å². The molecular weight excluding hydrogens is 264 g/mol. The van der Waals surface area contributed by atoms with E-state index in [0.717, 1.165) is 23.0 Å². The fourth-order valence-electron chi connectivity index (χ4n) is 2.06. The van der Waals surface area contributed by atoms with Gasteiger partial charge in [-0.3, -0.25) is 4.79 Å². The minimum atomic E-state index is -0.339. The summed E-state index contributed by atoms with van der Waals surface area (Å²) in [5.41, 5.74) is 2.71. The molecule has 0 atom stereocenters. The van der Waals surface area contributed by atoms with Gasteiger partial charge in [0.15, 0.2) is 0 Å². The number of aryl methyl sites for hydroxylation is 1. The lowest BCUT2D eigenvalue weighted by molar-refractivity contribution is 0.111. The first-order valence-corrected chi connectivity index (χ1v) is 6.88. The SMILES string of the molecule is Cc1ccc(-c2cc(C=O)cc(OC(C)(C)C)c2)cc1O. The van der Waals surface area contributed by atoms with Crippen LogP contribution in [0.4, 0.5) is 0 Å². The van der Waals surface area contributed by atoms with E-state index in [1.54, 1.807) is 18.2 Å². The average Bonchev–Trinajstić information content (AvgIpc) is 2.39. The molecule has 0 aromatic heterocycles. The molecule has 1 N–H and O–H groups in total. The smallest absolute Gasteiger partial charge is 0.150 e. The van der Waals surface area contributed by atoms with Crippen LogP contribution < -0.4 is 4.74 Å². The molecule has 0 unspecified atom stereocenters. The predicted molar refractivity (Wildman–Crippen MR) is 84.0 cm³/mol. The second-order valence-corrected chi connectivity index (χ2v) is 6.12. The number of hydrogen-bond donors (Lipinski definition) is 1. The molecule has 0 saturated heterocycles. The first-order valence-electron chi connectivity index (χ1n) is 6.88. The van der Waals surface area contributed by atoms with Crippen molar-refractivity contribution in [2.75, 3.05) is 0 Å². The molecule has 21 heavy (non-hydrogen) atoms. The fourth-order valence-corrected chi connectivity index (χ4v) is 2.06. The minimum Gasteiger partial charge on any atom is -0.508 e. The highest BCUT2D eigenvalue weighted by atomic mass is 16.5. The van der Waals surface area contributed by atoms with Gasteiger partial charge in [-0.15, -0.1) is 0 Å². The molecule has 0 spiro atoms. The average molecular weight is 284 g/mol. The van der Waals surface area contributed by atoms with E-state index in [9.17, 15) is 9.90 Å². The Bertz CT molecular complexity index is 667. The summed E-state index contributed by atoms with van der Waals surface area (Å²) in [6.45, 7) is 7.71. The van der Waals surface area contributed by atoms with Gasteiger partial charge < -0.3 is 9.84 Å². The van der Waals surface area contributed by atoms with E-state index in [4.69, 9.17) is 4.74 Å². The zero-order valence-electron chi connectivity index (χ0n) is 12.8. The Kier molecular flexibility index (Phi) is 4.03. The largest absolute Gasteiger partial charge is 0.508 e. The Labute approximate surface area is 125 Å². The number of aldehydes is 1. The van der Waals surface area contributed by atoms with Gasteiger partial charge in [-0.05, 0) is 68.7 Å². The number of hydrogen-bond acceptors (Lipinski definition) is 3. The second-order valence-electron chi connectivity index (χ2n) is 6.12. The van der Waals surface area contributed by atoms with Crippen LogP contribution in [0.3, 0.4) is 0 Å². The number of phenolic OH excluding ortho intramolecular Hbond substituents is 1. The van der Waals surface area contributed by atoms with E-state index < -0.39 is 0 Å². The van der Waals surface area contributed by atoms with Crippen molar-refractivity contribution in [2.45, 2.75) is 33.3 Å². The van der Waals surface area contributed by atoms with Gasteiger partial charge >= 0.3 is 0 Å². The van der Waals surface area contributed by atoms with Crippen LogP contribution in [0.15, 0.2) is 36.4 Å². The molecule has 0 saturated carbocycles. The van der Waals surface area contributed by atoms with E-state index >= 15 is 0 Å². The Morgan fingerprint density at radius 2 is 1.76 bits per heavy atom. The highest BCUT2D eigenvalue weighted by Crippen LogP contribution is 2.30. The van der Waals surface area contributed by atoms with Crippen molar-refractivity contribution in [1.29, 1.82) is 0 Å². The van der Waals surface area contributed by atoms with Crippen molar-refractivity contribution in [3.8, 4) is 22.6 Å². The van der Waals surface area contributed by atoms with Crippen LogP contribution in [0.2, 0.25) is 0 Å². The van der Waals surface area contributed by atoms with Crippen molar-refractivity contribution < 1.29 is 14.6 Å². The predicted octanol–water partition coefficient (Wildman–Crippen LogP) is 4.36. The van der Waals surface area contributed by atoms with Gasteiger partial charge in [0.1, 0.15) is 23.4 Å². The Morgan fingerprint density at radius 1 is 1.05 bits per heavy atom. The first-order chi connectivity index (χ1) is 9.78. The molecule has 0 radical (unpaired) electrons. The molecule has 0 aliphatic carbocycles. The molecule has 0 bridgehead atoms. The molecule has 0 aliphatic rings. The normalized spacial score (nSPS) is 11.2. The second kappa shape index (κ2) is 5.60. The van der Waals surface area contributed by atoms with Crippen molar-refractivity contribution >= 4 is 6.29 Å². The molecular formula is C18H20O3. The van der Waals surface area contributed by atoms with Crippen LogP contribution >= 0.6 is 0 Å². The lowest BCUT2D eigenvalue weighted by Gasteiger charge is -2.22. The third-order valence-electron chi connectivity index (χ3n) is 3.03. The fraction of sp³-hybridized carbons (Fsp3) is 0.278. The molecule has 2 aromatic rings. The number of benzene rings is 2. The van der Waals surface area contributed by atoms with Crippen molar-refractivity contribution in [3.63, 3.8) is 0 Å². The summed E-state index contributed by atoms with van der Waals surface area (Å²) < 4.78 is 5.84. The lowest BCUT2D eigenvalue weighted by Crippen LogP contribution is -2.23. The highest BCUT2D eigenvalue weighted by molar-refractivity contribution is 5.80. The standard InChI is InChI=1S/C18H20O3/c1-12-5-6-14(10-17(12)20)15-7-13(11-19)8-16(9-15)21-18(2,3)4/h5-11,20H,1-4H3. The van der Waals surface area contributed by atoms with Gasteiger partial charge in [-0.1, -0.05) is 12.1 Å². The molecule has 3 heteroatoms. The maximum absolute atomic E-state index is 11.1. The molecule has 0 amide bonds. The van der Waals surface area contributed by atoms with Gasteiger partial charge in [0.05, 0.1) is 0 Å². The number of phenols is 1. The summed E-state index contributed by atoms with van der Waals surface area (Å²) in [5.74, 6) is 0.879. The summed E-state index contributed by atoms with van der Waals surface area (Å²) in [6.07, 6.45) is 0.799. The Morgan fingerprint density at radius 3 is 2.33 bits per heavy atom. The van der Waals surface area contributed by atoms with E-state index in [1.807, 2.05) is 45.9 Å². The van der Waals surface area contributed by atoms with Crippen molar-refractivity contribution in [1.82, 2.24) is 0 Å². The Hall–Kier alpha value is -2.29. The van der Waals surface area contributed by atoms with E-state index in [1.165, 1.54) is 0 Å². The number of rotatable bonds is 3. The zero-order valence-corrected chi connectivity index (χ0v) is 12.8. The first kappa shape index (κ1) is 15.1. The summed E-state index contributed by atoms with van der Waals surface area (Å²) in [5, 5.41) is 9.84. The topological polar surface area (TPSA) is 46.5 Å². The minimum absolute atomic E-state index is 0.238. The van der Waals surface area contributed by atoms with Crippen molar-refractivity contribution in [2.24, 2.45) is 0 Å². The van der Waals surface area contributed by atoms with Crippen LogP contribution in [0.1, 0.15) is 36.7 Å². The van der Waals surface area contributed by atoms with E-state index in [2.05, 4.69) is 0 Å². The summed E-state index contributed by atoms with van der Waals surface area (Å²) in [6, 6.07) is 10.8. The van der Waals surface area contributed by atoms with Crippen LogP contribution in [-0.2, 0) is 0 Å². The van der Waals surface area contributed by atoms with Crippen LogP contribution in [0.25, 0.3) is 11.1 Å². The van der Waals surface area contributed by atoms with E-state index in [0.29, 0.717) is 11.3 Å². The number of ether oxygens (including phenoxy) is 1. The molecule has 2 rings (SSSR count). The molecule has 0 heterocycles. The van der Waals surface area contributed by atoms with Gasteiger partial charge in [-0.25, -0.2) is 0 Å². The molecule has 110 valence electrons. The summed E-state index contributed by atoms with van der Waals surface area (Å²) in [4.78, 5) is 11.1. The van der Waals surface area contributed by atoms with Gasteiger partial charge in [0, 0.05) is 5.56 Å². The third kappa shape index (κ3) is 3.85. The molecule has 0 aliphatic heterocycles. The summed E-state index contributed by atoms with van der Waals surface area (Å²) >= 11 is 0. The molecule has 0 fully saturated rings. The monoisotopic (exact) mass is 284 g/mol. The number of carbonyl (C=O) groups is 1. The molecule has 3 nitrogen and oxygen atoms in total. The maximum atomic E-state index is 11.1.